The van der Waals surface area contributed by atoms with Crippen LogP contribution in [0.5, 0.6) is 5.75 Å². The Morgan fingerprint density at radius 1 is 1.00 bits per heavy atom. The summed E-state index contributed by atoms with van der Waals surface area (Å²) < 4.78 is 30.6. The lowest BCUT2D eigenvalue weighted by molar-refractivity contribution is -0.113. The topological polar surface area (TPSA) is 146 Å². The number of aliphatic imine (C=N–C) groups is 1. The van der Waals surface area contributed by atoms with Gasteiger partial charge in [-0.15, -0.1) is 0 Å². The molecular weight excluding hydrogens is 618 g/mol. The lowest BCUT2D eigenvalue weighted by Crippen LogP contribution is -2.34. The van der Waals surface area contributed by atoms with Crippen LogP contribution >= 0.6 is 11.6 Å². The van der Waals surface area contributed by atoms with Gasteiger partial charge in [-0.25, -0.2) is 18.1 Å². The second kappa shape index (κ2) is 15.5. The number of methoxy groups -OCH3 is 1. The zero-order valence-electron chi connectivity index (χ0n) is 25.7. The number of ether oxygens (including phenoxy) is 1. The van der Waals surface area contributed by atoms with Crippen LogP contribution in [-0.2, 0) is 19.6 Å². The Kier molecular flexibility index (Phi) is 12.0. The molecule has 3 aromatic carbocycles. The number of hydrogen-bond donors (Lipinski definition) is 3. The first-order valence-corrected chi connectivity index (χ1v) is 16.1. The van der Waals surface area contributed by atoms with Crippen molar-refractivity contribution >= 4 is 67.7 Å². The zero-order valence-corrected chi connectivity index (χ0v) is 27.3. The van der Waals surface area contributed by atoms with E-state index >= 15 is 0 Å². The number of aryl methyl sites for hydroxylation is 1. The number of Topliss-reactive ketones (excluding diaryl/α,β-unsaturated/α-hetero) is 1. The summed E-state index contributed by atoms with van der Waals surface area (Å²) in [6, 6.07) is 16.1. The molecule has 0 unspecified atom stereocenters. The number of hydrogen-bond acceptors (Lipinski definition) is 8. The third-order valence-electron chi connectivity index (χ3n) is 6.55. The Labute approximate surface area is 268 Å². The first kappa shape index (κ1) is 35.0. The largest absolute Gasteiger partial charge is 0.497 e. The molecule has 2 amide bonds. The van der Waals surface area contributed by atoms with Crippen LogP contribution in [0.3, 0.4) is 0 Å². The molecule has 11 nitrogen and oxygen atoms in total. The number of nitrogens with zero attached hydrogens (tertiary/aromatic N) is 2. The van der Waals surface area contributed by atoms with E-state index in [0.29, 0.717) is 41.4 Å². The molecule has 0 saturated carbocycles. The SMILES string of the molecule is C=C(C)C(=O)Nc1ccc(Cl)c(NC(=O)/C(=N/c2ccc(N(CC)CCNS(C)(=O)=O)cc2C)C(=O)c2ccc(OC)cc2)c1. The van der Waals surface area contributed by atoms with Gasteiger partial charge in [0, 0.05) is 42.1 Å². The molecule has 0 aliphatic heterocycles. The summed E-state index contributed by atoms with van der Waals surface area (Å²) in [4.78, 5) is 46.0. The monoisotopic (exact) mass is 653 g/mol. The summed E-state index contributed by atoms with van der Waals surface area (Å²) in [5.41, 5.74) is 2.51. The highest BCUT2D eigenvalue weighted by Crippen LogP contribution is 2.28. The number of rotatable bonds is 14. The highest BCUT2D eigenvalue weighted by Gasteiger charge is 2.24. The molecule has 3 N–H and O–H groups in total. The predicted molar refractivity (Wildman–Crippen MR) is 180 cm³/mol. The average molecular weight is 654 g/mol. The van der Waals surface area contributed by atoms with Crippen LogP contribution in [0.2, 0.25) is 5.02 Å². The minimum Gasteiger partial charge on any atom is -0.497 e. The number of benzene rings is 3. The third-order valence-corrected chi connectivity index (χ3v) is 7.61. The predicted octanol–water partition coefficient (Wildman–Crippen LogP) is 5.14. The third kappa shape index (κ3) is 10.00. The van der Waals surface area contributed by atoms with Gasteiger partial charge in [0.05, 0.1) is 29.8 Å². The van der Waals surface area contributed by atoms with Gasteiger partial charge in [0.25, 0.3) is 11.8 Å². The molecule has 45 heavy (non-hydrogen) atoms. The second-order valence-corrected chi connectivity index (χ2v) is 12.4. The first-order chi connectivity index (χ1) is 21.2. The Hall–Kier alpha value is -4.52. The Balaban J connectivity index is 1.99. The maximum Gasteiger partial charge on any atom is 0.278 e. The summed E-state index contributed by atoms with van der Waals surface area (Å²) in [7, 11) is -1.82. The van der Waals surface area contributed by atoms with E-state index in [2.05, 4.69) is 26.9 Å². The van der Waals surface area contributed by atoms with Crippen LogP contribution in [0.25, 0.3) is 0 Å². The molecule has 3 rings (SSSR count). The van der Waals surface area contributed by atoms with Crippen molar-refractivity contribution in [3.63, 3.8) is 0 Å². The van der Waals surface area contributed by atoms with Crippen molar-refractivity contribution in [2.75, 3.05) is 48.5 Å². The van der Waals surface area contributed by atoms with Gasteiger partial charge in [0.1, 0.15) is 5.75 Å². The van der Waals surface area contributed by atoms with Crippen molar-refractivity contribution in [2.45, 2.75) is 20.8 Å². The molecule has 238 valence electrons. The van der Waals surface area contributed by atoms with E-state index in [1.54, 1.807) is 44.2 Å². The van der Waals surface area contributed by atoms with Crippen molar-refractivity contribution in [1.82, 2.24) is 4.72 Å². The van der Waals surface area contributed by atoms with Gasteiger partial charge in [-0.1, -0.05) is 18.2 Å². The molecule has 0 bridgehead atoms. The fraction of sp³-hybridized carbons (Fsp3) is 0.250. The molecule has 0 spiro atoms. The van der Waals surface area contributed by atoms with Gasteiger partial charge in [-0.2, -0.15) is 0 Å². The number of amides is 2. The van der Waals surface area contributed by atoms with Crippen molar-refractivity contribution in [1.29, 1.82) is 0 Å². The average Bonchev–Trinajstić information content (AvgIpc) is 2.99. The van der Waals surface area contributed by atoms with Gasteiger partial charge < -0.3 is 20.3 Å². The van der Waals surface area contributed by atoms with Gasteiger partial charge >= 0.3 is 0 Å². The van der Waals surface area contributed by atoms with Crippen LogP contribution in [0.4, 0.5) is 22.7 Å². The Bertz CT molecular complexity index is 1740. The number of ketones is 1. The Morgan fingerprint density at radius 2 is 1.69 bits per heavy atom. The van der Waals surface area contributed by atoms with Crippen molar-refractivity contribution in [3.05, 3.63) is 89.0 Å². The summed E-state index contributed by atoms with van der Waals surface area (Å²) in [6.45, 7) is 10.2. The lowest BCUT2D eigenvalue weighted by atomic mass is 10.0. The second-order valence-electron chi connectivity index (χ2n) is 10.1. The van der Waals surface area contributed by atoms with Crippen LogP contribution in [0.1, 0.15) is 29.8 Å². The van der Waals surface area contributed by atoms with Crippen LogP contribution < -0.4 is 25.0 Å². The maximum atomic E-state index is 13.7. The number of anilines is 3. The fourth-order valence-corrected chi connectivity index (χ4v) is 4.75. The number of carbonyl (C=O) groups is 3. The van der Waals surface area contributed by atoms with Crippen LogP contribution in [0, 0.1) is 6.92 Å². The van der Waals surface area contributed by atoms with Gasteiger partial charge in [0.15, 0.2) is 5.71 Å². The molecule has 0 fully saturated rings. The summed E-state index contributed by atoms with van der Waals surface area (Å²) in [6.07, 6.45) is 1.10. The van der Waals surface area contributed by atoms with E-state index in [1.165, 1.54) is 31.4 Å². The Morgan fingerprint density at radius 3 is 2.27 bits per heavy atom. The highest BCUT2D eigenvalue weighted by molar-refractivity contribution is 7.88. The number of likely N-dealkylation sites (N-methyl/N-ethyl adjacent to an activating group) is 1. The lowest BCUT2D eigenvalue weighted by Gasteiger charge is -2.24. The van der Waals surface area contributed by atoms with Gasteiger partial charge in [0.2, 0.25) is 15.8 Å². The van der Waals surface area contributed by atoms with E-state index in [4.69, 9.17) is 16.3 Å². The highest BCUT2D eigenvalue weighted by atomic mass is 35.5. The molecule has 0 radical (unpaired) electrons. The maximum absolute atomic E-state index is 13.7. The van der Waals surface area contributed by atoms with Crippen molar-refractivity contribution < 1.29 is 27.5 Å². The standard InChI is InChI=1S/C32H36ClN5O6S/c1-7-38(17-16-34-45(6,42)43)24-11-15-27(21(4)18-24)36-29(30(39)22-8-12-25(44-5)13-9-22)32(41)37-28-19-23(10-14-26(28)33)35-31(40)20(2)3/h8-15,18-19,34H,2,7,16-17H2,1,3-6H3,(H,35,40)(H,37,41)/b36-29+. The minimum absolute atomic E-state index is 0.157. The molecule has 3 aromatic rings. The number of sulfonamides is 1. The summed E-state index contributed by atoms with van der Waals surface area (Å²) in [5.74, 6) is -1.32. The summed E-state index contributed by atoms with van der Waals surface area (Å²) in [5, 5.41) is 5.50. The van der Waals surface area contributed by atoms with Crippen molar-refractivity contribution in [3.8, 4) is 5.75 Å². The normalized spacial score (nSPS) is 11.5. The van der Waals surface area contributed by atoms with Gasteiger partial charge in [-0.3, -0.25) is 14.4 Å². The van der Waals surface area contributed by atoms with Crippen molar-refractivity contribution in [2.24, 2.45) is 4.99 Å². The van der Waals surface area contributed by atoms with Crippen LogP contribution in [-0.4, -0.2) is 64.7 Å². The fourth-order valence-electron chi connectivity index (χ4n) is 4.12. The molecule has 0 aliphatic carbocycles. The van der Waals surface area contributed by atoms with E-state index < -0.39 is 33.3 Å². The molecular formula is C32H36ClN5O6S. The number of halogens is 1. The zero-order chi connectivity index (χ0) is 33.3. The first-order valence-electron chi connectivity index (χ1n) is 13.9. The molecule has 0 saturated heterocycles. The number of carbonyl (C=O) groups excluding carboxylic acids is 3. The van der Waals surface area contributed by atoms with Gasteiger partial charge in [-0.05, 0) is 87.0 Å². The molecule has 13 heteroatoms. The molecule has 0 atom stereocenters. The van der Waals surface area contributed by atoms with E-state index in [0.717, 1.165) is 11.9 Å². The van der Waals surface area contributed by atoms with E-state index in [-0.39, 0.29) is 22.8 Å². The quantitative estimate of drug-likeness (QED) is 0.0945. The molecule has 0 heterocycles. The molecule has 0 aromatic heterocycles. The smallest absolute Gasteiger partial charge is 0.278 e. The minimum atomic E-state index is -3.32. The molecule has 0 aliphatic rings. The van der Waals surface area contributed by atoms with E-state index in [1.807, 2.05) is 17.9 Å². The van der Waals surface area contributed by atoms with E-state index in [9.17, 15) is 22.8 Å². The number of nitrogens with one attached hydrogen (secondary N) is 3. The van der Waals surface area contributed by atoms with Crippen LogP contribution in [0.15, 0.2) is 77.8 Å². The summed E-state index contributed by atoms with van der Waals surface area (Å²) >= 11 is 6.36.